The summed E-state index contributed by atoms with van der Waals surface area (Å²) < 4.78 is 15.2. The molecule has 2 fully saturated rings. The Hall–Kier alpha value is -3.05. The number of esters is 3. The van der Waals surface area contributed by atoms with Crippen LogP contribution in [0.2, 0.25) is 0 Å². The molecule has 0 saturated carbocycles. The van der Waals surface area contributed by atoms with Gasteiger partial charge >= 0.3 is 23.6 Å². The average molecular weight is 479 g/mol. The number of carbonyl (C=O) groups is 4. The molecule has 0 aromatic heterocycles. The number of amides is 1. The van der Waals surface area contributed by atoms with Crippen LogP contribution in [0.1, 0.15) is 39.2 Å². The van der Waals surface area contributed by atoms with Gasteiger partial charge < -0.3 is 19.5 Å². The summed E-state index contributed by atoms with van der Waals surface area (Å²) in [4.78, 5) is 55.4. The smallest absolute Gasteiger partial charge is 0.377 e. The Bertz CT molecular complexity index is 945. The van der Waals surface area contributed by atoms with Crippen LogP contribution in [0.25, 0.3) is 0 Å². The number of benzene rings is 1. The summed E-state index contributed by atoms with van der Waals surface area (Å²) in [6.07, 6.45) is 0.139. The molecule has 1 unspecified atom stereocenters. The predicted octanol–water partition coefficient (Wildman–Crippen LogP) is 1.41. The Morgan fingerprint density at radius 1 is 1.21 bits per heavy atom. The minimum absolute atomic E-state index is 0.117. The zero-order chi connectivity index (χ0) is 24.2. The maximum absolute atomic E-state index is 13.0. The maximum Gasteiger partial charge on any atom is 0.377 e. The van der Waals surface area contributed by atoms with Crippen LogP contribution < -0.4 is 5.32 Å². The predicted molar refractivity (Wildman–Crippen MR) is 117 cm³/mol. The number of nitrogens with zero attached hydrogens (tertiary/aromatic N) is 1. The molecule has 2 saturated heterocycles. The van der Waals surface area contributed by atoms with Gasteiger partial charge in [0.2, 0.25) is 6.79 Å². The first kappa shape index (κ1) is 24.6. The SMILES string of the molecule is CC(C)(C)C(=O)OCOC(=O)C1(N2OC[C@H](NC(=S)Cc3ccccc3)C2=O)CCC(=O)O1. The second-order valence-corrected chi connectivity index (χ2v) is 9.19. The highest BCUT2D eigenvalue weighted by Crippen LogP contribution is 2.35. The van der Waals surface area contributed by atoms with E-state index < -0.39 is 47.8 Å². The zero-order valence-corrected chi connectivity index (χ0v) is 19.4. The van der Waals surface area contributed by atoms with E-state index in [0.29, 0.717) is 16.5 Å². The van der Waals surface area contributed by atoms with Crippen molar-refractivity contribution in [3.05, 3.63) is 35.9 Å². The largest absolute Gasteiger partial charge is 0.427 e. The highest BCUT2D eigenvalue weighted by atomic mass is 32.1. The van der Waals surface area contributed by atoms with Gasteiger partial charge in [-0.1, -0.05) is 42.5 Å². The second-order valence-electron chi connectivity index (χ2n) is 8.70. The fourth-order valence-electron chi connectivity index (χ4n) is 3.24. The summed E-state index contributed by atoms with van der Waals surface area (Å²) in [5.74, 6) is -2.98. The van der Waals surface area contributed by atoms with Crippen LogP contribution in [0, 0.1) is 5.41 Å². The van der Waals surface area contributed by atoms with Crippen molar-refractivity contribution in [1.29, 1.82) is 0 Å². The fraction of sp³-hybridized carbons (Fsp3) is 0.500. The van der Waals surface area contributed by atoms with Crippen molar-refractivity contribution in [2.75, 3.05) is 13.4 Å². The fourth-order valence-corrected chi connectivity index (χ4v) is 3.54. The highest BCUT2D eigenvalue weighted by molar-refractivity contribution is 7.80. The van der Waals surface area contributed by atoms with Gasteiger partial charge in [-0.05, 0) is 26.3 Å². The number of cyclic esters (lactones) is 1. The summed E-state index contributed by atoms with van der Waals surface area (Å²) in [5, 5.41) is 3.64. The average Bonchev–Trinajstić information content (AvgIpc) is 3.31. The molecule has 2 aliphatic rings. The molecule has 0 bridgehead atoms. The van der Waals surface area contributed by atoms with Crippen LogP contribution in [0.15, 0.2) is 30.3 Å². The van der Waals surface area contributed by atoms with E-state index in [1.165, 1.54) is 0 Å². The van der Waals surface area contributed by atoms with Crippen LogP contribution in [0.5, 0.6) is 0 Å². The van der Waals surface area contributed by atoms with Crippen molar-refractivity contribution >= 4 is 41.0 Å². The normalized spacial score (nSPS) is 22.6. The number of rotatable bonds is 7. The maximum atomic E-state index is 13.0. The minimum atomic E-state index is -2.10. The van der Waals surface area contributed by atoms with Gasteiger partial charge in [-0.25, -0.2) is 4.79 Å². The Labute approximate surface area is 196 Å². The molecule has 10 nitrogen and oxygen atoms in total. The van der Waals surface area contributed by atoms with Gasteiger partial charge in [0, 0.05) is 12.8 Å². The van der Waals surface area contributed by atoms with Crippen molar-refractivity contribution in [3.63, 3.8) is 0 Å². The van der Waals surface area contributed by atoms with Gasteiger partial charge in [-0.3, -0.25) is 19.2 Å². The van der Waals surface area contributed by atoms with E-state index in [1.54, 1.807) is 20.8 Å². The van der Waals surface area contributed by atoms with Crippen molar-refractivity contribution in [2.24, 2.45) is 5.41 Å². The van der Waals surface area contributed by atoms with E-state index in [2.05, 4.69) is 5.32 Å². The quantitative estimate of drug-likeness (QED) is 0.350. The molecule has 1 aromatic carbocycles. The highest BCUT2D eigenvalue weighted by Gasteiger charge is 2.60. The molecule has 0 spiro atoms. The third-order valence-electron chi connectivity index (χ3n) is 5.00. The van der Waals surface area contributed by atoms with Crippen LogP contribution in [0.4, 0.5) is 0 Å². The van der Waals surface area contributed by atoms with E-state index in [4.69, 9.17) is 31.3 Å². The molecule has 11 heteroatoms. The summed E-state index contributed by atoms with van der Waals surface area (Å²) in [5.41, 5.74) is -1.93. The molecule has 1 aromatic rings. The van der Waals surface area contributed by atoms with Gasteiger partial charge in [0.1, 0.15) is 12.6 Å². The third kappa shape index (κ3) is 5.66. The van der Waals surface area contributed by atoms with Crippen LogP contribution in [0.3, 0.4) is 0 Å². The van der Waals surface area contributed by atoms with E-state index in [-0.39, 0.29) is 19.4 Å². The number of ether oxygens (including phenoxy) is 3. The van der Waals surface area contributed by atoms with Crippen molar-refractivity contribution < 1.29 is 38.2 Å². The van der Waals surface area contributed by atoms with E-state index in [1.807, 2.05) is 30.3 Å². The summed E-state index contributed by atoms with van der Waals surface area (Å²) in [6.45, 7) is 4.11. The van der Waals surface area contributed by atoms with Crippen molar-refractivity contribution in [1.82, 2.24) is 10.4 Å². The molecule has 3 rings (SSSR count). The lowest BCUT2D eigenvalue weighted by Crippen LogP contribution is -2.57. The molecule has 178 valence electrons. The van der Waals surface area contributed by atoms with Gasteiger partial charge in [0.25, 0.3) is 5.91 Å². The lowest BCUT2D eigenvalue weighted by Gasteiger charge is -2.32. The summed E-state index contributed by atoms with van der Waals surface area (Å²) >= 11 is 5.35. The van der Waals surface area contributed by atoms with Gasteiger partial charge in [-0.15, -0.1) is 0 Å². The molecule has 0 aliphatic carbocycles. The standard InChI is InChI=1S/C22H26N2O8S/c1-21(2,3)19(27)29-13-30-20(28)22(10-9-17(25)32-22)24-18(26)15(12-31-24)23-16(33)11-14-7-5-4-6-8-14/h4-8,15H,9-13H2,1-3H3,(H,23,33)/t15-,22?/m0/s1. The lowest BCUT2D eigenvalue weighted by molar-refractivity contribution is -0.262. The topological polar surface area (TPSA) is 120 Å². The monoisotopic (exact) mass is 478 g/mol. The molecular formula is C22H26N2O8S. The minimum Gasteiger partial charge on any atom is -0.427 e. The lowest BCUT2D eigenvalue weighted by atomic mass is 9.98. The first-order valence-electron chi connectivity index (χ1n) is 10.4. The Morgan fingerprint density at radius 3 is 2.52 bits per heavy atom. The number of thiocarbonyl (C=S) groups is 1. The van der Waals surface area contributed by atoms with Gasteiger partial charge in [-0.2, -0.15) is 5.06 Å². The molecule has 2 aliphatic heterocycles. The summed E-state index contributed by atoms with van der Waals surface area (Å²) in [7, 11) is 0. The van der Waals surface area contributed by atoms with E-state index in [0.717, 1.165) is 5.56 Å². The molecule has 1 amide bonds. The van der Waals surface area contributed by atoms with Gasteiger partial charge in [0.15, 0.2) is 0 Å². The van der Waals surface area contributed by atoms with Crippen molar-refractivity contribution in [3.8, 4) is 0 Å². The zero-order valence-electron chi connectivity index (χ0n) is 18.6. The molecule has 33 heavy (non-hydrogen) atoms. The Kier molecular flexibility index (Phi) is 7.33. The molecule has 2 atom stereocenters. The molecule has 1 N–H and O–H groups in total. The molecular weight excluding hydrogens is 452 g/mol. The van der Waals surface area contributed by atoms with Crippen LogP contribution in [-0.4, -0.2) is 59.0 Å². The molecule has 0 radical (unpaired) electrons. The van der Waals surface area contributed by atoms with Crippen molar-refractivity contribution in [2.45, 2.75) is 51.8 Å². The Morgan fingerprint density at radius 2 is 1.91 bits per heavy atom. The van der Waals surface area contributed by atoms with E-state index >= 15 is 0 Å². The number of hydrogen-bond acceptors (Lipinski definition) is 9. The number of hydroxylamine groups is 2. The Balaban J connectivity index is 1.64. The van der Waals surface area contributed by atoms with Gasteiger partial charge in [0.05, 0.1) is 16.8 Å². The first-order valence-corrected chi connectivity index (χ1v) is 10.8. The number of nitrogens with one attached hydrogen (secondary N) is 1. The molecule has 2 heterocycles. The van der Waals surface area contributed by atoms with Crippen LogP contribution >= 0.6 is 12.2 Å². The number of hydrogen-bond donors (Lipinski definition) is 1. The number of carbonyl (C=O) groups excluding carboxylic acids is 4. The van der Waals surface area contributed by atoms with Crippen LogP contribution in [-0.2, 0) is 44.6 Å². The first-order chi connectivity index (χ1) is 15.5. The third-order valence-corrected chi connectivity index (χ3v) is 5.26. The summed E-state index contributed by atoms with van der Waals surface area (Å²) in [6, 6.07) is 8.59. The van der Waals surface area contributed by atoms with E-state index in [9.17, 15) is 19.2 Å². The second kappa shape index (κ2) is 9.84.